The highest BCUT2D eigenvalue weighted by atomic mass is 32.2. The molecule has 2 aromatic rings. The zero-order valence-electron chi connectivity index (χ0n) is 11.3. The molecule has 2 N–H and O–H groups in total. The van der Waals surface area contributed by atoms with Crippen molar-refractivity contribution in [3.63, 3.8) is 0 Å². The zero-order valence-corrected chi connectivity index (χ0v) is 12.1. The molecular formula is C13H17N5OS. The number of nitrogens with zero attached hydrogens (tertiary/aromatic N) is 4. The quantitative estimate of drug-likeness (QED) is 0.829. The van der Waals surface area contributed by atoms with Crippen LogP contribution in [-0.2, 0) is 13.0 Å². The van der Waals surface area contributed by atoms with Crippen molar-refractivity contribution in [2.75, 3.05) is 12.3 Å². The summed E-state index contributed by atoms with van der Waals surface area (Å²) in [6.07, 6.45) is 1.13. The summed E-state index contributed by atoms with van der Waals surface area (Å²) in [6.45, 7) is 3.27. The fraction of sp³-hybridized carbons (Fsp3) is 0.462. The minimum atomic E-state index is 0.180. The van der Waals surface area contributed by atoms with E-state index < -0.39 is 0 Å². The van der Waals surface area contributed by atoms with Gasteiger partial charge in [-0.25, -0.2) is 4.68 Å². The van der Waals surface area contributed by atoms with Crippen LogP contribution in [0.2, 0.25) is 0 Å². The molecular weight excluding hydrogens is 274 g/mol. The van der Waals surface area contributed by atoms with Gasteiger partial charge in [-0.15, -0.1) is 5.10 Å². The van der Waals surface area contributed by atoms with Gasteiger partial charge in [0.1, 0.15) is 11.9 Å². The van der Waals surface area contributed by atoms with Gasteiger partial charge in [-0.2, -0.15) is 0 Å². The number of nitrogens with two attached hydrogens (primary N) is 1. The molecule has 0 spiro atoms. The van der Waals surface area contributed by atoms with Gasteiger partial charge in [-0.3, -0.25) is 0 Å². The number of thioether (sulfide) groups is 1. The first-order valence-corrected chi connectivity index (χ1v) is 7.60. The van der Waals surface area contributed by atoms with Gasteiger partial charge in [-0.05, 0) is 29.0 Å². The lowest BCUT2D eigenvalue weighted by Gasteiger charge is -2.09. The summed E-state index contributed by atoms with van der Waals surface area (Å²) < 4.78 is 7.67. The number of rotatable bonds is 5. The number of aryl methyl sites for hydroxylation is 1. The summed E-state index contributed by atoms with van der Waals surface area (Å²) in [5, 5.41) is 12.4. The Kier molecular flexibility index (Phi) is 3.88. The van der Waals surface area contributed by atoms with E-state index in [0.29, 0.717) is 13.1 Å². The van der Waals surface area contributed by atoms with Crippen LogP contribution in [0, 0.1) is 6.92 Å². The van der Waals surface area contributed by atoms with Crippen molar-refractivity contribution in [2.24, 2.45) is 5.73 Å². The van der Waals surface area contributed by atoms with E-state index in [-0.39, 0.29) is 6.10 Å². The van der Waals surface area contributed by atoms with Gasteiger partial charge >= 0.3 is 0 Å². The lowest BCUT2D eigenvalue weighted by atomic mass is 10.1. The summed E-state index contributed by atoms with van der Waals surface area (Å²) in [4.78, 5) is 0. The maximum absolute atomic E-state index is 5.94. The smallest absolute Gasteiger partial charge is 0.209 e. The number of hydrogen-bond donors (Lipinski definition) is 1. The lowest BCUT2D eigenvalue weighted by Crippen LogP contribution is -2.17. The van der Waals surface area contributed by atoms with Crippen LogP contribution < -0.4 is 10.5 Å². The Hall–Kier alpha value is -1.60. The molecule has 0 amide bonds. The van der Waals surface area contributed by atoms with Gasteiger partial charge in [-0.1, -0.05) is 29.5 Å². The molecule has 0 saturated heterocycles. The molecule has 2 heterocycles. The lowest BCUT2D eigenvalue weighted by molar-refractivity contribution is 0.259. The fourth-order valence-electron chi connectivity index (χ4n) is 2.27. The summed E-state index contributed by atoms with van der Waals surface area (Å²) in [6, 6.07) is 6.32. The molecule has 1 aromatic carbocycles. The highest BCUT2D eigenvalue weighted by Gasteiger charge is 2.23. The third-order valence-electron chi connectivity index (χ3n) is 3.20. The number of benzene rings is 1. The predicted octanol–water partition coefficient (Wildman–Crippen LogP) is 1.04. The molecule has 0 bridgehead atoms. The van der Waals surface area contributed by atoms with Gasteiger partial charge in [0.15, 0.2) is 0 Å². The second-order valence-electron chi connectivity index (χ2n) is 4.84. The molecule has 0 radical (unpaired) electrons. The van der Waals surface area contributed by atoms with Crippen molar-refractivity contribution < 1.29 is 4.74 Å². The molecule has 0 aliphatic carbocycles. The molecule has 1 aromatic heterocycles. The summed E-state index contributed by atoms with van der Waals surface area (Å²) in [5.74, 6) is 1.83. The Bertz CT molecular complexity index is 600. The molecule has 7 heteroatoms. The second kappa shape index (κ2) is 5.80. The fourth-order valence-corrected chi connectivity index (χ4v) is 3.16. The van der Waals surface area contributed by atoms with Crippen molar-refractivity contribution in [1.29, 1.82) is 0 Å². The Morgan fingerprint density at radius 2 is 2.40 bits per heavy atom. The van der Waals surface area contributed by atoms with Gasteiger partial charge in [0, 0.05) is 18.7 Å². The summed E-state index contributed by atoms with van der Waals surface area (Å²) in [7, 11) is 0. The van der Waals surface area contributed by atoms with E-state index >= 15 is 0 Å². The van der Waals surface area contributed by atoms with E-state index in [9.17, 15) is 0 Å². The number of ether oxygens (including phenoxy) is 1. The van der Waals surface area contributed by atoms with Crippen LogP contribution in [0.4, 0.5) is 0 Å². The van der Waals surface area contributed by atoms with Crippen molar-refractivity contribution >= 4 is 11.8 Å². The van der Waals surface area contributed by atoms with Crippen LogP contribution >= 0.6 is 11.8 Å². The van der Waals surface area contributed by atoms with E-state index in [0.717, 1.165) is 23.1 Å². The van der Waals surface area contributed by atoms with Crippen molar-refractivity contribution in [3.05, 3.63) is 29.3 Å². The Morgan fingerprint density at radius 1 is 1.50 bits per heavy atom. The molecule has 0 fully saturated rings. The first-order valence-electron chi connectivity index (χ1n) is 6.61. The molecule has 20 heavy (non-hydrogen) atoms. The highest BCUT2D eigenvalue weighted by molar-refractivity contribution is 7.99. The van der Waals surface area contributed by atoms with E-state index in [1.807, 2.05) is 6.07 Å². The van der Waals surface area contributed by atoms with Crippen molar-refractivity contribution in [2.45, 2.75) is 31.1 Å². The summed E-state index contributed by atoms with van der Waals surface area (Å²) >= 11 is 1.61. The monoisotopic (exact) mass is 291 g/mol. The number of fused-ring (bicyclic) bond motifs is 1. The van der Waals surface area contributed by atoms with Crippen LogP contribution in [0.1, 0.15) is 11.1 Å². The first-order chi connectivity index (χ1) is 9.76. The van der Waals surface area contributed by atoms with Crippen LogP contribution in [0.3, 0.4) is 0 Å². The molecule has 1 aliphatic rings. The van der Waals surface area contributed by atoms with E-state index in [1.54, 1.807) is 16.4 Å². The van der Waals surface area contributed by atoms with Gasteiger partial charge in [0.2, 0.25) is 5.16 Å². The average Bonchev–Trinajstić information content (AvgIpc) is 3.02. The number of tetrazole rings is 1. The standard InChI is InChI=1S/C13H17N5OS/c1-9-2-3-12-10(6-9)7-11(19-12)8-20-13-15-16-17-18(13)5-4-14/h2-3,6,11H,4-5,7-8,14H2,1H3. The Balaban J connectivity index is 1.59. The van der Waals surface area contributed by atoms with E-state index in [2.05, 4.69) is 34.6 Å². The number of hydrogen-bond acceptors (Lipinski definition) is 6. The topological polar surface area (TPSA) is 78.9 Å². The second-order valence-corrected chi connectivity index (χ2v) is 5.83. The normalized spacial score (nSPS) is 17.0. The number of aromatic nitrogens is 4. The minimum absolute atomic E-state index is 0.180. The van der Waals surface area contributed by atoms with Gasteiger partial charge in [0.05, 0.1) is 6.54 Å². The SMILES string of the molecule is Cc1ccc2c(c1)CC(CSc1nnnn1CCN)O2. The molecule has 1 unspecified atom stereocenters. The third-order valence-corrected chi connectivity index (χ3v) is 4.28. The highest BCUT2D eigenvalue weighted by Crippen LogP contribution is 2.31. The van der Waals surface area contributed by atoms with Gasteiger partial charge in [0.25, 0.3) is 0 Å². The van der Waals surface area contributed by atoms with Crippen LogP contribution in [0.15, 0.2) is 23.4 Å². The van der Waals surface area contributed by atoms with Crippen molar-refractivity contribution in [3.8, 4) is 5.75 Å². The first kappa shape index (κ1) is 13.4. The predicted molar refractivity (Wildman–Crippen MR) is 76.9 cm³/mol. The molecule has 0 saturated carbocycles. The van der Waals surface area contributed by atoms with Crippen LogP contribution in [-0.4, -0.2) is 38.6 Å². The largest absolute Gasteiger partial charge is 0.489 e. The van der Waals surface area contributed by atoms with E-state index in [1.165, 1.54) is 11.1 Å². The van der Waals surface area contributed by atoms with E-state index in [4.69, 9.17) is 10.5 Å². The maximum Gasteiger partial charge on any atom is 0.209 e. The maximum atomic E-state index is 5.94. The molecule has 6 nitrogen and oxygen atoms in total. The van der Waals surface area contributed by atoms with Crippen LogP contribution in [0.25, 0.3) is 0 Å². The molecule has 3 rings (SSSR count). The van der Waals surface area contributed by atoms with Gasteiger partial charge < -0.3 is 10.5 Å². The minimum Gasteiger partial charge on any atom is -0.489 e. The molecule has 1 aliphatic heterocycles. The Labute approximate surface area is 121 Å². The van der Waals surface area contributed by atoms with Crippen molar-refractivity contribution in [1.82, 2.24) is 20.2 Å². The third kappa shape index (κ3) is 2.78. The molecule has 1 atom stereocenters. The van der Waals surface area contributed by atoms with Crippen LogP contribution in [0.5, 0.6) is 5.75 Å². The Morgan fingerprint density at radius 3 is 3.25 bits per heavy atom. The summed E-state index contributed by atoms with van der Waals surface area (Å²) in [5.41, 5.74) is 8.09. The molecule has 106 valence electrons. The zero-order chi connectivity index (χ0) is 13.9. The average molecular weight is 291 g/mol.